The topological polar surface area (TPSA) is 93.6 Å². The van der Waals surface area contributed by atoms with Crippen molar-refractivity contribution >= 4 is 22.0 Å². The Morgan fingerprint density at radius 2 is 1.95 bits per heavy atom. The lowest BCUT2D eigenvalue weighted by Gasteiger charge is -2.21. The van der Waals surface area contributed by atoms with Gasteiger partial charge >= 0.3 is 6.09 Å². The summed E-state index contributed by atoms with van der Waals surface area (Å²) in [6.45, 7) is 0. The van der Waals surface area contributed by atoms with Gasteiger partial charge in [-0.2, -0.15) is 0 Å². The molecule has 0 spiro atoms. The number of halogens is 3. The summed E-state index contributed by atoms with van der Waals surface area (Å²) >= 11 is 2.93. The number of benzene rings is 1. The molecule has 1 unspecified atom stereocenters. The van der Waals surface area contributed by atoms with E-state index in [9.17, 15) is 13.6 Å². The van der Waals surface area contributed by atoms with Crippen LogP contribution in [0.3, 0.4) is 0 Å². The number of carbonyl (C=O) groups is 1. The highest BCUT2D eigenvalue weighted by molar-refractivity contribution is 9.11. The van der Waals surface area contributed by atoms with E-state index < -0.39 is 18.6 Å². The molecule has 0 heterocycles. The molecule has 0 bridgehead atoms. The number of hydrogen-bond donors (Lipinski definition) is 3. The summed E-state index contributed by atoms with van der Waals surface area (Å²) in [4.78, 5) is 11.7. The van der Waals surface area contributed by atoms with Crippen LogP contribution in [0.2, 0.25) is 0 Å². The van der Waals surface area contributed by atoms with Crippen molar-refractivity contribution in [2.45, 2.75) is 12.5 Å². The van der Waals surface area contributed by atoms with Crippen molar-refractivity contribution in [2.75, 3.05) is 7.05 Å². The molecular weight excluding hydrogens is 350 g/mol. The zero-order valence-electron chi connectivity index (χ0n) is 11.1. The van der Waals surface area contributed by atoms with Crippen LogP contribution in [0.25, 0.3) is 0 Å². The molecule has 1 atom stereocenters. The first-order valence-electron chi connectivity index (χ1n) is 5.77. The minimum atomic E-state index is -2.87. The van der Waals surface area contributed by atoms with Crippen molar-refractivity contribution in [1.29, 1.82) is 0 Å². The number of hydrazine groups is 1. The van der Waals surface area contributed by atoms with Crippen LogP contribution >= 0.6 is 15.9 Å². The molecule has 0 aliphatic heterocycles. The second kappa shape index (κ2) is 7.79. The molecule has 6 nitrogen and oxygen atoms in total. The fourth-order valence-corrected chi connectivity index (χ4v) is 1.84. The van der Waals surface area contributed by atoms with E-state index in [1.54, 1.807) is 18.2 Å². The number of hydrogen-bond acceptors (Lipinski definition) is 5. The van der Waals surface area contributed by atoms with Gasteiger partial charge in [0.1, 0.15) is 4.61 Å². The molecule has 116 valence electrons. The van der Waals surface area contributed by atoms with Crippen molar-refractivity contribution in [3.05, 3.63) is 46.3 Å². The Labute approximate surface area is 128 Å². The average molecular weight is 365 g/mol. The van der Waals surface area contributed by atoms with Gasteiger partial charge in [0.05, 0.1) is 0 Å². The first kappa shape index (κ1) is 17.2. The number of carbonyl (C=O) groups excluding carboxylic acids is 1. The van der Waals surface area contributed by atoms with Gasteiger partial charge in [-0.05, 0) is 21.5 Å². The fourth-order valence-electron chi connectivity index (χ4n) is 1.47. The Morgan fingerprint density at radius 3 is 2.38 bits per heavy atom. The van der Waals surface area contributed by atoms with Crippen molar-refractivity contribution < 1.29 is 18.3 Å². The molecule has 0 aromatic heterocycles. The summed E-state index contributed by atoms with van der Waals surface area (Å²) in [5.74, 6) is 5.42. The average Bonchev–Trinajstić information content (AvgIpc) is 2.42. The Bertz CT molecular complexity index is 507. The maximum Gasteiger partial charge on any atom is 0.413 e. The number of alkyl halides is 2. The Balaban J connectivity index is 2.82. The molecule has 0 aliphatic carbocycles. The van der Waals surface area contributed by atoms with E-state index in [0.29, 0.717) is 0 Å². The lowest BCUT2D eigenvalue weighted by molar-refractivity contribution is -0.0189. The fraction of sp³-hybridized carbons (Fsp3) is 0.250. The van der Waals surface area contributed by atoms with Gasteiger partial charge in [0.25, 0.3) is 6.43 Å². The molecule has 21 heavy (non-hydrogen) atoms. The highest BCUT2D eigenvalue weighted by atomic mass is 79.9. The Hall–Kier alpha value is -1.87. The van der Waals surface area contributed by atoms with E-state index >= 15 is 0 Å². The molecule has 5 N–H and O–H groups in total. The lowest BCUT2D eigenvalue weighted by atomic mass is 10.1. The molecule has 1 aromatic carbocycles. The number of ether oxygens (including phenoxy) is 1. The number of alkyl carbamates (subject to hydrolysis) is 1. The first-order valence-corrected chi connectivity index (χ1v) is 6.56. The molecule has 0 saturated carbocycles. The van der Waals surface area contributed by atoms with Gasteiger partial charge in [0, 0.05) is 7.05 Å². The van der Waals surface area contributed by atoms with E-state index in [1.807, 2.05) is 0 Å². The summed E-state index contributed by atoms with van der Waals surface area (Å²) in [5, 5.41) is 3.19. The quantitative estimate of drug-likeness (QED) is 0.422. The van der Waals surface area contributed by atoms with Crippen LogP contribution < -0.4 is 16.9 Å². The third-order valence-electron chi connectivity index (χ3n) is 2.39. The van der Waals surface area contributed by atoms with E-state index in [0.717, 1.165) is 5.01 Å². The van der Waals surface area contributed by atoms with Crippen LogP contribution in [0, 0.1) is 0 Å². The monoisotopic (exact) mass is 364 g/mol. The summed E-state index contributed by atoms with van der Waals surface area (Å²) in [6.07, 6.45) is -5.66. The number of rotatable bonds is 5. The molecule has 0 radical (unpaired) electrons. The summed E-state index contributed by atoms with van der Waals surface area (Å²) in [5.41, 5.74) is 5.63. The largest absolute Gasteiger partial charge is 0.435 e. The van der Waals surface area contributed by atoms with Gasteiger partial charge < -0.3 is 10.5 Å². The van der Waals surface area contributed by atoms with E-state index in [4.69, 9.17) is 16.3 Å². The normalized spacial score (nSPS) is 13.4. The van der Waals surface area contributed by atoms with Crippen LogP contribution in [-0.2, 0) is 4.74 Å². The highest BCUT2D eigenvalue weighted by Gasteiger charge is 2.27. The van der Waals surface area contributed by atoms with Crippen molar-refractivity contribution in [3.63, 3.8) is 0 Å². The van der Waals surface area contributed by atoms with Gasteiger partial charge in [0.2, 0.25) is 0 Å². The molecule has 9 heteroatoms. The van der Waals surface area contributed by atoms with Crippen LogP contribution in [0.5, 0.6) is 0 Å². The predicted octanol–water partition coefficient (Wildman–Crippen LogP) is 2.00. The van der Waals surface area contributed by atoms with Crippen molar-refractivity contribution in [3.8, 4) is 0 Å². The number of nitrogens with two attached hydrogens (primary N) is 2. The number of nitrogens with one attached hydrogen (secondary N) is 1. The summed E-state index contributed by atoms with van der Waals surface area (Å²) < 4.78 is 30.8. The Kier molecular flexibility index (Phi) is 6.38. The standard InChI is InChI=1S/C12H15BrF2N4O2/c1-19(17)11(9(13)16)18-12(20)21-8(10(14)15)7-5-3-2-4-6-7/h2-6,8,10H,16-17H2,1H3,(H,18,20)/b11-9-. The minimum Gasteiger partial charge on any atom is -0.435 e. The van der Waals surface area contributed by atoms with Gasteiger partial charge in [-0.25, -0.2) is 19.4 Å². The molecule has 0 aliphatic rings. The van der Waals surface area contributed by atoms with Crippen molar-refractivity contribution in [1.82, 2.24) is 10.3 Å². The minimum absolute atomic E-state index is 0.0129. The zero-order valence-corrected chi connectivity index (χ0v) is 12.7. The SMILES string of the molecule is CN(N)/C(NC(=O)OC(c1ccccc1)C(F)F)=C(\N)Br. The van der Waals surface area contributed by atoms with Gasteiger partial charge in [-0.3, -0.25) is 10.3 Å². The van der Waals surface area contributed by atoms with E-state index in [2.05, 4.69) is 21.2 Å². The van der Waals surface area contributed by atoms with Crippen LogP contribution in [-0.4, -0.2) is 24.6 Å². The second-order valence-electron chi connectivity index (χ2n) is 4.00. The first-order chi connectivity index (χ1) is 9.82. The van der Waals surface area contributed by atoms with Crippen molar-refractivity contribution in [2.24, 2.45) is 11.6 Å². The molecule has 0 saturated heterocycles. The third-order valence-corrected chi connectivity index (χ3v) is 2.77. The predicted molar refractivity (Wildman–Crippen MR) is 76.9 cm³/mol. The molecule has 0 fully saturated rings. The summed E-state index contributed by atoms with van der Waals surface area (Å²) in [7, 11) is 1.41. The Morgan fingerprint density at radius 1 is 1.38 bits per heavy atom. The molecular formula is C12H15BrF2N4O2. The maximum absolute atomic E-state index is 13.0. The van der Waals surface area contributed by atoms with E-state index in [-0.39, 0.29) is 16.0 Å². The van der Waals surface area contributed by atoms with Gasteiger partial charge in [-0.1, -0.05) is 30.3 Å². The molecule has 1 amide bonds. The molecule has 1 rings (SSSR count). The highest BCUT2D eigenvalue weighted by Crippen LogP contribution is 2.24. The van der Waals surface area contributed by atoms with Crippen LogP contribution in [0.15, 0.2) is 40.8 Å². The van der Waals surface area contributed by atoms with Crippen LogP contribution in [0.1, 0.15) is 11.7 Å². The second-order valence-corrected chi connectivity index (χ2v) is 4.86. The maximum atomic E-state index is 13.0. The number of nitrogens with zero attached hydrogens (tertiary/aromatic N) is 1. The number of amides is 1. The van der Waals surface area contributed by atoms with Gasteiger partial charge in [0.15, 0.2) is 11.9 Å². The van der Waals surface area contributed by atoms with E-state index in [1.165, 1.54) is 19.2 Å². The summed E-state index contributed by atoms with van der Waals surface area (Å²) in [6, 6.07) is 7.69. The smallest absolute Gasteiger partial charge is 0.413 e. The van der Waals surface area contributed by atoms with Gasteiger partial charge in [-0.15, -0.1) is 0 Å². The van der Waals surface area contributed by atoms with Crippen LogP contribution in [0.4, 0.5) is 13.6 Å². The zero-order chi connectivity index (χ0) is 16.0. The third kappa shape index (κ3) is 5.20. The molecule has 1 aromatic rings. The lowest BCUT2D eigenvalue weighted by Crippen LogP contribution is -2.39.